The van der Waals surface area contributed by atoms with Gasteiger partial charge in [-0.05, 0) is 67.3 Å². The lowest BCUT2D eigenvalue weighted by molar-refractivity contribution is -0.113. The molecule has 1 aliphatic rings. The second-order valence-electron chi connectivity index (χ2n) is 7.83. The van der Waals surface area contributed by atoms with Crippen LogP contribution in [-0.4, -0.2) is 28.3 Å². The monoisotopic (exact) mass is 462 g/mol. The minimum atomic E-state index is -0.171. The number of methoxy groups -OCH3 is 1. The maximum Gasteiger partial charge on any atom is 0.283 e. The normalized spacial score (nSPS) is 14.8. The number of carbonyl (C=O) groups excluding carboxylic acids is 1. The van der Waals surface area contributed by atoms with Crippen LogP contribution < -0.4 is 9.64 Å². The van der Waals surface area contributed by atoms with Crippen molar-refractivity contribution in [1.82, 2.24) is 10.1 Å². The van der Waals surface area contributed by atoms with Crippen LogP contribution >= 0.6 is 11.8 Å². The topological polar surface area (TPSA) is 80.8 Å². The molecular weight excluding hydrogens is 436 g/mol. The Morgan fingerprint density at radius 1 is 1.12 bits per heavy atom. The van der Waals surface area contributed by atoms with Crippen LogP contribution in [0.15, 0.2) is 57.7 Å². The lowest BCUT2D eigenvalue weighted by Gasteiger charge is -2.18. The van der Waals surface area contributed by atoms with Crippen molar-refractivity contribution < 1.29 is 14.1 Å². The van der Waals surface area contributed by atoms with E-state index in [-0.39, 0.29) is 5.91 Å². The van der Waals surface area contributed by atoms with Crippen molar-refractivity contribution in [2.45, 2.75) is 39.4 Å². The van der Waals surface area contributed by atoms with E-state index in [0.29, 0.717) is 28.3 Å². The zero-order chi connectivity index (χ0) is 23.4. The second kappa shape index (κ2) is 10.0. The molecule has 3 aromatic rings. The van der Waals surface area contributed by atoms with Crippen LogP contribution in [-0.2, 0) is 17.0 Å². The molecule has 0 N–H and O–H groups in total. The molecule has 0 atom stereocenters. The van der Waals surface area contributed by atoms with E-state index in [2.05, 4.69) is 28.1 Å². The number of anilines is 1. The highest BCUT2D eigenvalue weighted by atomic mass is 32.2. The summed E-state index contributed by atoms with van der Waals surface area (Å²) in [4.78, 5) is 24.2. The molecule has 0 spiro atoms. The molecule has 8 heteroatoms. The molecular formula is C25H26N4O3S. The van der Waals surface area contributed by atoms with Crippen LogP contribution in [0.2, 0.25) is 0 Å². The molecule has 170 valence electrons. The lowest BCUT2D eigenvalue weighted by Crippen LogP contribution is -2.30. The fourth-order valence-electron chi connectivity index (χ4n) is 3.56. The quantitative estimate of drug-likeness (QED) is 0.442. The molecule has 4 rings (SSSR count). The van der Waals surface area contributed by atoms with E-state index in [1.54, 1.807) is 18.1 Å². The zero-order valence-electron chi connectivity index (χ0n) is 19.2. The number of carbonyl (C=O) groups is 1. The Kier molecular flexibility index (Phi) is 6.93. The molecule has 1 amide bonds. The molecule has 1 aliphatic heterocycles. The molecule has 2 aromatic carbocycles. The highest BCUT2D eigenvalue weighted by Gasteiger charge is 2.32. The first-order valence-corrected chi connectivity index (χ1v) is 11.8. The molecule has 1 aromatic heterocycles. The summed E-state index contributed by atoms with van der Waals surface area (Å²) in [5.41, 5.74) is 4.19. The van der Waals surface area contributed by atoms with Crippen LogP contribution in [0.3, 0.4) is 0 Å². The third-order valence-corrected chi connectivity index (χ3v) is 5.95. The van der Waals surface area contributed by atoms with Gasteiger partial charge < -0.3 is 9.26 Å². The van der Waals surface area contributed by atoms with Crippen LogP contribution in [0.5, 0.6) is 5.75 Å². The molecule has 33 heavy (non-hydrogen) atoms. The van der Waals surface area contributed by atoms with E-state index in [9.17, 15) is 4.79 Å². The average molecular weight is 463 g/mol. The summed E-state index contributed by atoms with van der Waals surface area (Å²) < 4.78 is 10.6. The predicted octanol–water partition coefficient (Wildman–Crippen LogP) is 5.32. The maximum absolute atomic E-state index is 13.4. The second-order valence-corrected chi connectivity index (χ2v) is 8.77. The Balaban J connectivity index is 1.64. The Morgan fingerprint density at radius 3 is 2.52 bits per heavy atom. The van der Waals surface area contributed by atoms with Gasteiger partial charge in [0, 0.05) is 6.42 Å². The average Bonchev–Trinajstić information content (AvgIpc) is 3.36. The van der Waals surface area contributed by atoms with Crippen molar-refractivity contribution in [3.8, 4) is 5.75 Å². The number of aryl methyl sites for hydroxylation is 3. The highest BCUT2D eigenvalue weighted by molar-refractivity contribution is 8.13. The molecule has 0 saturated heterocycles. The molecule has 0 fully saturated rings. The van der Waals surface area contributed by atoms with Gasteiger partial charge in [-0.2, -0.15) is 4.98 Å². The fourth-order valence-corrected chi connectivity index (χ4v) is 4.41. The summed E-state index contributed by atoms with van der Waals surface area (Å²) in [7, 11) is 1.62. The van der Waals surface area contributed by atoms with E-state index in [1.165, 1.54) is 11.8 Å². The SMILES string of the molecule is CCCc1noc(CSC2=N/C(=C\c3ccc(OC)cc3)C(=O)N2c2cc(C)cc(C)c2)n1. The lowest BCUT2D eigenvalue weighted by atomic mass is 10.1. The van der Waals surface area contributed by atoms with Gasteiger partial charge in [0.2, 0.25) is 5.89 Å². The summed E-state index contributed by atoms with van der Waals surface area (Å²) in [6, 6.07) is 13.6. The number of ether oxygens (including phenoxy) is 1. The summed E-state index contributed by atoms with van der Waals surface area (Å²) in [5, 5.41) is 4.59. The Hall–Kier alpha value is -3.39. The minimum Gasteiger partial charge on any atom is -0.497 e. The summed E-state index contributed by atoms with van der Waals surface area (Å²) in [6.07, 6.45) is 3.52. The van der Waals surface area contributed by atoms with Crippen LogP contribution in [0, 0.1) is 13.8 Å². The van der Waals surface area contributed by atoms with Crippen molar-refractivity contribution in [2.24, 2.45) is 4.99 Å². The number of nitrogens with zero attached hydrogens (tertiary/aromatic N) is 4. The van der Waals surface area contributed by atoms with E-state index < -0.39 is 0 Å². The van der Waals surface area contributed by atoms with Gasteiger partial charge in [0.1, 0.15) is 11.4 Å². The number of hydrogen-bond acceptors (Lipinski definition) is 7. The Bertz CT molecular complexity index is 1190. The predicted molar refractivity (Wildman–Crippen MR) is 131 cm³/mol. The third-order valence-electron chi connectivity index (χ3n) is 5.02. The van der Waals surface area contributed by atoms with Crippen molar-refractivity contribution in [3.63, 3.8) is 0 Å². The summed E-state index contributed by atoms with van der Waals surface area (Å²) >= 11 is 1.41. The number of amidine groups is 1. The van der Waals surface area contributed by atoms with E-state index in [1.807, 2.05) is 50.2 Å². The first-order chi connectivity index (χ1) is 16.0. The van der Waals surface area contributed by atoms with Gasteiger partial charge in [0.05, 0.1) is 18.6 Å². The zero-order valence-corrected chi connectivity index (χ0v) is 20.0. The molecule has 0 saturated carbocycles. The summed E-state index contributed by atoms with van der Waals surface area (Å²) in [6.45, 7) is 6.10. The van der Waals surface area contributed by atoms with Crippen LogP contribution in [0.4, 0.5) is 5.69 Å². The number of aromatic nitrogens is 2. The summed E-state index contributed by atoms with van der Waals surface area (Å²) in [5.74, 6) is 2.24. The van der Waals surface area contributed by atoms with Crippen LogP contribution in [0.25, 0.3) is 6.08 Å². The maximum atomic E-state index is 13.4. The third kappa shape index (κ3) is 5.34. The van der Waals surface area contributed by atoms with Crippen molar-refractivity contribution in [3.05, 3.63) is 76.6 Å². The molecule has 7 nitrogen and oxygen atoms in total. The smallest absolute Gasteiger partial charge is 0.283 e. The standard InChI is InChI=1S/C25H26N4O3S/c1-5-6-22-27-23(32-28-22)15-33-25-26-21(14-18-7-9-20(31-4)10-8-18)24(30)29(25)19-12-16(2)11-17(3)13-19/h7-14H,5-6,15H2,1-4H3/b21-14-. The van der Waals surface area contributed by atoms with E-state index in [4.69, 9.17) is 9.26 Å². The van der Waals surface area contributed by atoms with E-state index >= 15 is 0 Å². The fraction of sp³-hybridized carbons (Fsp3) is 0.280. The number of thioether (sulfide) groups is 1. The first kappa shape index (κ1) is 22.8. The van der Waals surface area contributed by atoms with E-state index in [0.717, 1.165) is 41.0 Å². The van der Waals surface area contributed by atoms with Gasteiger partial charge in [-0.1, -0.05) is 42.0 Å². The highest BCUT2D eigenvalue weighted by Crippen LogP contribution is 2.32. The van der Waals surface area contributed by atoms with Gasteiger partial charge in [-0.3, -0.25) is 9.69 Å². The van der Waals surface area contributed by atoms with Gasteiger partial charge in [0.25, 0.3) is 5.91 Å². The van der Waals surface area contributed by atoms with Gasteiger partial charge in [-0.25, -0.2) is 4.99 Å². The largest absolute Gasteiger partial charge is 0.497 e. The number of hydrogen-bond donors (Lipinski definition) is 0. The van der Waals surface area contributed by atoms with Crippen LogP contribution in [0.1, 0.15) is 41.8 Å². The Morgan fingerprint density at radius 2 is 1.85 bits per heavy atom. The molecule has 0 radical (unpaired) electrons. The van der Waals surface area contributed by atoms with Crippen molar-refractivity contribution >= 4 is 34.6 Å². The van der Waals surface area contributed by atoms with Crippen molar-refractivity contribution in [2.75, 3.05) is 12.0 Å². The van der Waals surface area contributed by atoms with Crippen molar-refractivity contribution in [1.29, 1.82) is 0 Å². The number of rotatable bonds is 7. The molecule has 0 unspecified atom stereocenters. The van der Waals surface area contributed by atoms with Gasteiger partial charge >= 0.3 is 0 Å². The number of aliphatic imine (C=N–C) groups is 1. The molecule has 0 bridgehead atoms. The molecule has 0 aliphatic carbocycles. The number of benzene rings is 2. The van der Waals surface area contributed by atoms with Gasteiger partial charge in [0.15, 0.2) is 11.0 Å². The number of amides is 1. The first-order valence-electron chi connectivity index (χ1n) is 10.8. The van der Waals surface area contributed by atoms with Gasteiger partial charge in [-0.15, -0.1) is 0 Å². The molecule has 2 heterocycles. The Labute approximate surface area is 197 Å². The minimum absolute atomic E-state index is 0.171.